The lowest BCUT2D eigenvalue weighted by Gasteiger charge is -2.12. The van der Waals surface area contributed by atoms with Crippen LogP contribution in [0.15, 0.2) is 30.3 Å². The molecule has 1 atom stereocenters. The molecule has 1 aromatic rings. The molecule has 1 unspecified atom stereocenters. The van der Waals surface area contributed by atoms with E-state index in [1.54, 1.807) is 12.1 Å². The molecule has 0 amide bonds. The third-order valence-electron chi connectivity index (χ3n) is 2.96. The highest BCUT2D eigenvalue weighted by Gasteiger charge is 2.23. The Hall–Kier alpha value is -1.44. The fourth-order valence-corrected chi connectivity index (χ4v) is 1.92. The highest BCUT2D eigenvalue weighted by Crippen LogP contribution is 2.17. The highest BCUT2D eigenvalue weighted by atomic mass is 16.1. The molecule has 2 heteroatoms. The molecule has 0 saturated heterocycles. The van der Waals surface area contributed by atoms with E-state index in [9.17, 15) is 9.59 Å². The molecule has 0 saturated carbocycles. The number of unbranched alkanes of at least 4 members (excludes halogenated alkanes) is 2. The van der Waals surface area contributed by atoms with Crippen LogP contribution in [0.3, 0.4) is 0 Å². The molecule has 0 aliphatic heterocycles. The zero-order valence-electron chi connectivity index (χ0n) is 10.6. The van der Waals surface area contributed by atoms with Crippen molar-refractivity contribution in [3.63, 3.8) is 0 Å². The molecule has 1 rings (SSSR count). The Balaban J connectivity index is 2.71. The Bertz CT molecular complexity index is 368. The van der Waals surface area contributed by atoms with Crippen molar-refractivity contribution in [3.05, 3.63) is 35.9 Å². The zero-order chi connectivity index (χ0) is 12.7. The van der Waals surface area contributed by atoms with E-state index in [0.29, 0.717) is 12.0 Å². The van der Waals surface area contributed by atoms with Crippen LogP contribution in [0.4, 0.5) is 0 Å². The molecule has 0 N–H and O–H groups in total. The van der Waals surface area contributed by atoms with Gasteiger partial charge in [0.25, 0.3) is 0 Å². The Morgan fingerprint density at radius 3 is 2.29 bits per heavy atom. The first-order valence-electron chi connectivity index (χ1n) is 6.26. The largest absolute Gasteiger partial charge is 0.299 e. The number of hydrogen-bond acceptors (Lipinski definition) is 2. The van der Waals surface area contributed by atoms with Crippen molar-refractivity contribution in [2.24, 2.45) is 5.92 Å². The van der Waals surface area contributed by atoms with Crippen molar-refractivity contribution in [2.75, 3.05) is 0 Å². The maximum atomic E-state index is 12.2. The van der Waals surface area contributed by atoms with Crippen LogP contribution in [0.25, 0.3) is 0 Å². The molecule has 0 aromatic heterocycles. The summed E-state index contributed by atoms with van der Waals surface area (Å²) >= 11 is 0. The fraction of sp³-hybridized carbons (Fsp3) is 0.467. The number of hydrogen-bond donors (Lipinski definition) is 0. The second-order valence-electron chi connectivity index (χ2n) is 4.39. The minimum Gasteiger partial charge on any atom is -0.299 e. The number of rotatable bonds is 7. The molecule has 0 aliphatic carbocycles. The summed E-state index contributed by atoms with van der Waals surface area (Å²) in [6, 6.07) is 9.08. The fourth-order valence-electron chi connectivity index (χ4n) is 1.92. The van der Waals surface area contributed by atoms with Gasteiger partial charge in [0.1, 0.15) is 5.78 Å². The molecular formula is C15H20O2. The van der Waals surface area contributed by atoms with Gasteiger partial charge in [-0.2, -0.15) is 0 Å². The van der Waals surface area contributed by atoms with Crippen molar-refractivity contribution >= 4 is 11.6 Å². The second-order valence-corrected chi connectivity index (χ2v) is 4.39. The van der Waals surface area contributed by atoms with E-state index in [4.69, 9.17) is 0 Å². The van der Waals surface area contributed by atoms with Gasteiger partial charge in [0.15, 0.2) is 5.78 Å². The smallest absolute Gasteiger partial charge is 0.173 e. The first kappa shape index (κ1) is 13.6. The van der Waals surface area contributed by atoms with Crippen molar-refractivity contribution in [1.29, 1.82) is 0 Å². The van der Waals surface area contributed by atoms with Crippen molar-refractivity contribution in [1.82, 2.24) is 0 Å². The van der Waals surface area contributed by atoms with Crippen LogP contribution >= 0.6 is 0 Å². The first-order valence-corrected chi connectivity index (χ1v) is 6.26. The van der Waals surface area contributed by atoms with Crippen LogP contribution in [-0.4, -0.2) is 11.6 Å². The van der Waals surface area contributed by atoms with Gasteiger partial charge >= 0.3 is 0 Å². The lowest BCUT2D eigenvalue weighted by Crippen LogP contribution is -2.22. The van der Waals surface area contributed by atoms with E-state index in [1.165, 1.54) is 6.92 Å². The summed E-state index contributed by atoms with van der Waals surface area (Å²) < 4.78 is 0. The standard InChI is InChI=1S/C15H20O2/c1-3-4-6-11-14(12(2)16)15(17)13-9-7-5-8-10-13/h5,7-10,14H,3-4,6,11H2,1-2H3. The van der Waals surface area contributed by atoms with Gasteiger partial charge in [0.05, 0.1) is 5.92 Å². The summed E-state index contributed by atoms with van der Waals surface area (Å²) in [5.74, 6) is -0.506. The first-order chi connectivity index (χ1) is 8.16. The molecular weight excluding hydrogens is 212 g/mol. The molecule has 2 nitrogen and oxygen atoms in total. The molecule has 0 bridgehead atoms. The maximum absolute atomic E-state index is 12.2. The summed E-state index contributed by atoms with van der Waals surface area (Å²) in [5, 5.41) is 0. The zero-order valence-corrected chi connectivity index (χ0v) is 10.6. The highest BCUT2D eigenvalue weighted by molar-refractivity contribution is 6.09. The normalized spacial score (nSPS) is 12.1. The number of benzene rings is 1. The lowest BCUT2D eigenvalue weighted by molar-refractivity contribution is -0.119. The number of Topliss-reactive ketones (excluding diaryl/α,β-unsaturated/α-hetero) is 2. The SMILES string of the molecule is CCCCCC(C(C)=O)C(=O)c1ccccc1. The third-order valence-corrected chi connectivity index (χ3v) is 2.96. The average Bonchev–Trinajstić information content (AvgIpc) is 2.34. The van der Waals surface area contributed by atoms with Gasteiger partial charge in [-0.05, 0) is 13.3 Å². The van der Waals surface area contributed by atoms with Gasteiger partial charge in [-0.25, -0.2) is 0 Å². The minimum atomic E-state index is -0.455. The van der Waals surface area contributed by atoms with E-state index in [-0.39, 0.29) is 11.6 Å². The summed E-state index contributed by atoms with van der Waals surface area (Å²) in [6.45, 7) is 3.62. The summed E-state index contributed by atoms with van der Waals surface area (Å²) in [4.78, 5) is 23.7. The van der Waals surface area contributed by atoms with Crippen LogP contribution in [0.5, 0.6) is 0 Å². The molecule has 0 fully saturated rings. The number of carbonyl (C=O) groups is 2. The van der Waals surface area contributed by atoms with E-state index < -0.39 is 5.92 Å². The molecule has 17 heavy (non-hydrogen) atoms. The molecule has 92 valence electrons. The van der Waals surface area contributed by atoms with Gasteiger partial charge in [-0.1, -0.05) is 56.5 Å². The molecule has 0 radical (unpaired) electrons. The second kappa shape index (κ2) is 7.00. The minimum absolute atomic E-state index is 0.0186. The predicted molar refractivity (Wildman–Crippen MR) is 69.1 cm³/mol. The molecule has 0 aliphatic rings. The Kier molecular flexibility index (Phi) is 5.61. The Morgan fingerprint density at radius 1 is 1.12 bits per heavy atom. The lowest BCUT2D eigenvalue weighted by atomic mass is 9.89. The van der Waals surface area contributed by atoms with Crippen molar-refractivity contribution < 1.29 is 9.59 Å². The van der Waals surface area contributed by atoms with Crippen molar-refractivity contribution in [2.45, 2.75) is 39.5 Å². The molecule has 0 spiro atoms. The van der Waals surface area contributed by atoms with Crippen LogP contribution in [0.1, 0.15) is 49.9 Å². The van der Waals surface area contributed by atoms with Crippen LogP contribution < -0.4 is 0 Å². The number of carbonyl (C=O) groups excluding carboxylic acids is 2. The van der Waals surface area contributed by atoms with E-state index in [0.717, 1.165) is 19.3 Å². The van der Waals surface area contributed by atoms with Crippen molar-refractivity contribution in [3.8, 4) is 0 Å². The number of ketones is 2. The van der Waals surface area contributed by atoms with E-state index in [1.807, 2.05) is 18.2 Å². The van der Waals surface area contributed by atoms with Crippen LogP contribution in [0.2, 0.25) is 0 Å². The van der Waals surface area contributed by atoms with Gasteiger partial charge in [0, 0.05) is 5.56 Å². The summed E-state index contributed by atoms with van der Waals surface area (Å²) in [5.41, 5.74) is 0.643. The average molecular weight is 232 g/mol. The van der Waals surface area contributed by atoms with Crippen LogP contribution in [0, 0.1) is 5.92 Å². The molecule has 0 heterocycles. The predicted octanol–water partition coefficient (Wildman–Crippen LogP) is 3.65. The maximum Gasteiger partial charge on any atom is 0.173 e. The third kappa shape index (κ3) is 4.14. The molecule has 1 aromatic carbocycles. The van der Waals surface area contributed by atoms with Gasteiger partial charge < -0.3 is 0 Å². The van der Waals surface area contributed by atoms with Gasteiger partial charge in [-0.15, -0.1) is 0 Å². The summed E-state index contributed by atoms with van der Waals surface area (Å²) in [6.07, 6.45) is 3.80. The van der Waals surface area contributed by atoms with E-state index in [2.05, 4.69) is 6.92 Å². The van der Waals surface area contributed by atoms with E-state index >= 15 is 0 Å². The van der Waals surface area contributed by atoms with Crippen LogP contribution in [-0.2, 0) is 4.79 Å². The topological polar surface area (TPSA) is 34.1 Å². The monoisotopic (exact) mass is 232 g/mol. The quantitative estimate of drug-likeness (QED) is 0.408. The Morgan fingerprint density at radius 2 is 1.76 bits per heavy atom. The summed E-state index contributed by atoms with van der Waals surface area (Å²) in [7, 11) is 0. The van der Waals surface area contributed by atoms with Gasteiger partial charge in [0.2, 0.25) is 0 Å². The van der Waals surface area contributed by atoms with Gasteiger partial charge in [-0.3, -0.25) is 9.59 Å². The Labute approximate surface area is 103 Å².